The molecule has 0 saturated carbocycles. The van der Waals surface area contributed by atoms with Gasteiger partial charge in [0.15, 0.2) is 0 Å². The number of halogens is 1. The van der Waals surface area contributed by atoms with E-state index in [-0.39, 0.29) is 12.4 Å². The average molecular weight is 267 g/mol. The molecule has 0 saturated heterocycles. The normalized spacial score (nSPS) is 10.7. The van der Waals surface area contributed by atoms with Crippen LogP contribution in [0.2, 0.25) is 0 Å². The summed E-state index contributed by atoms with van der Waals surface area (Å²) in [5.74, 6) is 0.313. The van der Waals surface area contributed by atoms with Gasteiger partial charge in [-0.15, -0.1) is 0 Å². The van der Waals surface area contributed by atoms with Gasteiger partial charge >= 0.3 is 0 Å². The van der Waals surface area contributed by atoms with Gasteiger partial charge in [0.2, 0.25) is 0 Å². The Kier molecular flexibility index (Phi) is 8.23. The van der Waals surface area contributed by atoms with Gasteiger partial charge in [0, 0.05) is 12.1 Å². The first-order valence-electron chi connectivity index (χ1n) is 7.39. The van der Waals surface area contributed by atoms with Gasteiger partial charge < -0.3 is 10.5 Å². The van der Waals surface area contributed by atoms with E-state index in [0.717, 1.165) is 6.42 Å². The molecule has 3 heteroatoms. The summed E-state index contributed by atoms with van der Waals surface area (Å²) in [5, 5.41) is 0. The van der Waals surface area contributed by atoms with Gasteiger partial charge in [0.1, 0.15) is 11.6 Å². The predicted octanol–water partition coefficient (Wildman–Crippen LogP) is 4.41. The number of hydrogen-bond donors (Lipinski definition) is 1. The van der Waals surface area contributed by atoms with Gasteiger partial charge in [0.05, 0.1) is 6.61 Å². The molecule has 19 heavy (non-hydrogen) atoms. The third kappa shape index (κ3) is 6.06. The smallest absolute Gasteiger partial charge is 0.131 e. The number of hydrogen-bond acceptors (Lipinski definition) is 2. The topological polar surface area (TPSA) is 35.2 Å². The van der Waals surface area contributed by atoms with Gasteiger partial charge in [-0.05, 0) is 18.6 Å². The van der Waals surface area contributed by atoms with Crippen LogP contribution >= 0.6 is 0 Å². The van der Waals surface area contributed by atoms with E-state index in [4.69, 9.17) is 10.5 Å². The fourth-order valence-corrected chi connectivity index (χ4v) is 2.11. The number of unbranched alkanes of at least 4 members (excludes halogenated alkanes) is 6. The summed E-state index contributed by atoms with van der Waals surface area (Å²) in [7, 11) is 0. The molecule has 1 aromatic rings. The Labute approximate surface area is 116 Å². The fraction of sp³-hybridized carbons (Fsp3) is 0.625. The molecule has 0 amide bonds. The molecule has 108 valence electrons. The second-order valence-electron chi connectivity index (χ2n) is 4.89. The molecule has 0 heterocycles. The molecule has 0 radical (unpaired) electrons. The number of nitrogens with two attached hydrogens (primary N) is 1. The molecule has 2 N–H and O–H groups in total. The highest BCUT2D eigenvalue weighted by Gasteiger charge is 2.07. The Morgan fingerprint density at radius 3 is 2.42 bits per heavy atom. The maximum Gasteiger partial charge on any atom is 0.131 e. The molecule has 1 aromatic carbocycles. The van der Waals surface area contributed by atoms with Crippen molar-refractivity contribution >= 4 is 0 Å². The van der Waals surface area contributed by atoms with Gasteiger partial charge in [-0.1, -0.05) is 51.5 Å². The molecule has 2 nitrogen and oxygen atoms in total. The van der Waals surface area contributed by atoms with Crippen LogP contribution in [0.5, 0.6) is 5.75 Å². The van der Waals surface area contributed by atoms with Crippen LogP contribution < -0.4 is 10.5 Å². The van der Waals surface area contributed by atoms with Crippen LogP contribution in [0.4, 0.5) is 4.39 Å². The Bertz CT molecular complexity index is 355. The molecule has 0 bridgehead atoms. The van der Waals surface area contributed by atoms with Crippen molar-refractivity contribution in [3.05, 3.63) is 29.6 Å². The highest BCUT2D eigenvalue weighted by Crippen LogP contribution is 2.21. The van der Waals surface area contributed by atoms with Crippen molar-refractivity contribution in [3.8, 4) is 5.75 Å². The number of benzene rings is 1. The first-order chi connectivity index (χ1) is 9.29. The molecule has 0 aliphatic rings. The molecular weight excluding hydrogens is 241 g/mol. The molecule has 0 unspecified atom stereocenters. The SMILES string of the molecule is CCCCCCCCCOc1cccc(F)c1CN. The Hall–Kier alpha value is -1.09. The van der Waals surface area contributed by atoms with E-state index in [9.17, 15) is 4.39 Å². The lowest BCUT2D eigenvalue weighted by molar-refractivity contribution is 0.299. The van der Waals surface area contributed by atoms with Gasteiger partial charge in [0.25, 0.3) is 0 Å². The van der Waals surface area contributed by atoms with E-state index in [1.165, 1.54) is 44.6 Å². The molecular formula is C16H26FNO. The predicted molar refractivity (Wildman–Crippen MR) is 77.8 cm³/mol. The Balaban J connectivity index is 2.17. The monoisotopic (exact) mass is 267 g/mol. The van der Waals surface area contributed by atoms with Crippen LogP contribution in [0.3, 0.4) is 0 Å². The van der Waals surface area contributed by atoms with Crippen molar-refractivity contribution in [3.63, 3.8) is 0 Å². The standard InChI is InChI=1S/C16H26FNO/c1-2-3-4-5-6-7-8-12-19-16-11-9-10-15(17)14(16)13-18/h9-11H,2-8,12-13,18H2,1H3. The first kappa shape index (κ1) is 16.0. The number of ether oxygens (including phenoxy) is 1. The molecule has 0 aliphatic carbocycles. The second-order valence-corrected chi connectivity index (χ2v) is 4.89. The van der Waals surface area contributed by atoms with Crippen molar-refractivity contribution in [2.75, 3.05) is 6.61 Å². The van der Waals surface area contributed by atoms with Crippen molar-refractivity contribution in [2.45, 2.75) is 58.4 Å². The number of rotatable bonds is 10. The van der Waals surface area contributed by atoms with Gasteiger partial charge in [-0.3, -0.25) is 0 Å². The van der Waals surface area contributed by atoms with E-state index < -0.39 is 0 Å². The van der Waals surface area contributed by atoms with Crippen molar-refractivity contribution in [1.29, 1.82) is 0 Å². The summed E-state index contributed by atoms with van der Waals surface area (Å²) < 4.78 is 19.1. The van der Waals surface area contributed by atoms with Crippen molar-refractivity contribution in [2.24, 2.45) is 5.73 Å². The summed E-state index contributed by atoms with van der Waals surface area (Å²) in [6, 6.07) is 4.86. The maximum absolute atomic E-state index is 13.4. The van der Waals surface area contributed by atoms with Gasteiger partial charge in [-0.2, -0.15) is 0 Å². The fourth-order valence-electron chi connectivity index (χ4n) is 2.11. The minimum absolute atomic E-state index is 0.180. The van der Waals surface area contributed by atoms with Crippen LogP contribution in [-0.2, 0) is 6.54 Å². The molecule has 0 fully saturated rings. The zero-order valence-electron chi connectivity index (χ0n) is 12.0. The third-order valence-corrected chi connectivity index (χ3v) is 3.29. The zero-order valence-corrected chi connectivity index (χ0v) is 12.0. The van der Waals surface area contributed by atoms with E-state index in [2.05, 4.69) is 6.92 Å². The highest BCUT2D eigenvalue weighted by molar-refractivity contribution is 5.34. The van der Waals surface area contributed by atoms with E-state index >= 15 is 0 Å². The van der Waals surface area contributed by atoms with E-state index in [1.54, 1.807) is 12.1 Å². The summed E-state index contributed by atoms with van der Waals surface area (Å²) in [6.07, 6.45) is 8.71. The largest absolute Gasteiger partial charge is 0.493 e. The average Bonchev–Trinajstić information content (AvgIpc) is 2.42. The summed E-state index contributed by atoms with van der Waals surface area (Å²) >= 11 is 0. The summed E-state index contributed by atoms with van der Waals surface area (Å²) in [4.78, 5) is 0. The summed E-state index contributed by atoms with van der Waals surface area (Å²) in [5.41, 5.74) is 6.01. The van der Waals surface area contributed by atoms with E-state index in [0.29, 0.717) is 17.9 Å². The van der Waals surface area contributed by atoms with Crippen LogP contribution in [0.25, 0.3) is 0 Å². The van der Waals surface area contributed by atoms with Crippen molar-refractivity contribution < 1.29 is 9.13 Å². The quantitative estimate of drug-likeness (QED) is 0.637. The van der Waals surface area contributed by atoms with E-state index in [1.807, 2.05) is 0 Å². The minimum Gasteiger partial charge on any atom is -0.493 e. The third-order valence-electron chi connectivity index (χ3n) is 3.29. The summed E-state index contributed by atoms with van der Waals surface area (Å²) in [6.45, 7) is 3.05. The first-order valence-corrected chi connectivity index (χ1v) is 7.39. The maximum atomic E-state index is 13.4. The zero-order chi connectivity index (χ0) is 13.9. The molecule has 0 spiro atoms. The van der Waals surface area contributed by atoms with Crippen LogP contribution in [0.15, 0.2) is 18.2 Å². The lowest BCUT2D eigenvalue weighted by Gasteiger charge is -2.10. The Morgan fingerprint density at radius 2 is 1.74 bits per heavy atom. The van der Waals surface area contributed by atoms with Crippen LogP contribution in [0, 0.1) is 5.82 Å². The molecule has 0 atom stereocenters. The minimum atomic E-state index is -0.278. The molecule has 1 rings (SSSR count). The Morgan fingerprint density at radius 1 is 1.05 bits per heavy atom. The lowest BCUT2D eigenvalue weighted by Crippen LogP contribution is -2.06. The lowest BCUT2D eigenvalue weighted by atomic mass is 10.1. The van der Waals surface area contributed by atoms with Gasteiger partial charge in [-0.25, -0.2) is 4.39 Å². The molecule has 0 aliphatic heterocycles. The molecule has 0 aromatic heterocycles. The second kappa shape index (κ2) is 9.79. The van der Waals surface area contributed by atoms with Crippen LogP contribution in [-0.4, -0.2) is 6.61 Å². The van der Waals surface area contributed by atoms with Crippen LogP contribution in [0.1, 0.15) is 57.4 Å². The van der Waals surface area contributed by atoms with Crippen molar-refractivity contribution in [1.82, 2.24) is 0 Å². The highest BCUT2D eigenvalue weighted by atomic mass is 19.1.